The van der Waals surface area contributed by atoms with E-state index in [4.69, 9.17) is 9.47 Å². The highest BCUT2D eigenvalue weighted by atomic mass is 19.1. The number of aryl methyl sites for hydroxylation is 1. The number of pyridine rings is 1. The first-order valence-corrected chi connectivity index (χ1v) is 13.4. The first-order chi connectivity index (χ1) is 18.8. The summed E-state index contributed by atoms with van der Waals surface area (Å²) in [7, 11) is 0. The molecule has 0 spiro atoms. The van der Waals surface area contributed by atoms with Gasteiger partial charge in [0.25, 0.3) is 5.91 Å². The van der Waals surface area contributed by atoms with Gasteiger partial charge in [-0.1, -0.05) is 0 Å². The minimum absolute atomic E-state index is 0.0128. The van der Waals surface area contributed by atoms with Gasteiger partial charge in [-0.25, -0.2) is 14.4 Å². The van der Waals surface area contributed by atoms with Gasteiger partial charge in [-0.05, 0) is 45.7 Å². The average Bonchev–Trinajstić information content (AvgIpc) is 3.55. The van der Waals surface area contributed by atoms with E-state index < -0.39 is 11.7 Å². The van der Waals surface area contributed by atoms with Gasteiger partial charge in [0.05, 0.1) is 28.6 Å². The van der Waals surface area contributed by atoms with Crippen molar-refractivity contribution in [3.05, 3.63) is 53.9 Å². The second-order valence-corrected chi connectivity index (χ2v) is 10.5. The lowest BCUT2D eigenvalue weighted by molar-refractivity contribution is 0.0646. The fourth-order valence-corrected chi connectivity index (χ4v) is 5.53. The predicted octanol–water partition coefficient (Wildman–Crippen LogP) is 3.72. The molecular formula is C28H32FN7O3. The van der Waals surface area contributed by atoms with Crippen molar-refractivity contribution >= 4 is 33.8 Å². The van der Waals surface area contributed by atoms with Gasteiger partial charge in [-0.2, -0.15) is 4.98 Å². The van der Waals surface area contributed by atoms with Crippen molar-refractivity contribution in [2.45, 2.75) is 51.8 Å². The van der Waals surface area contributed by atoms with E-state index in [0.717, 1.165) is 43.6 Å². The van der Waals surface area contributed by atoms with E-state index >= 15 is 0 Å². The minimum Gasteiger partial charge on any atom is -0.461 e. The van der Waals surface area contributed by atoms with Crippen LogP contribution in [0.1, 0.15) is 42.7 Å². The van der Waals surface area contributed by atoms with E-state index in [0.29, 0.717) is 41.2 Å². The van der Waals surface area contributed by atoms with Crippen molar-refractivity contribution < 1.29 is 18.7 Å². The number of ether oxygens (including phenoxy) is 2. The lowest BCUT2D eigenvalue weighted by Gasteiger charge is -2.38. The standard InChI is InChI=1S/C28H32FN7O3/c1-16-11-35(12-17(2)31-16)24-7-6-21(25-22(24)10-30-28(34-25)39-15-20-5-4-8-38-20)27(37)33-19-9-23(29)26-32-18(3)13-36(26)14-19/h6-7,9-10,13-14,16-17,20,31H,4-5,8,11-12,15H2,1-3H3,(H,33,37)/t16-,17-,20-/m0/s1. The van der Waals surface area contributed by atoms with Crippen molar-refractivity contribution in [2.75, 3.05) is 36.5 Å². The zero-order valence-electron chi connectivity index (χ0n) is 22.3. The Hall–Kier alpha value is -3.83. The normalized spacial score (nSPS) is 21.5. The molecule has 0 unspecified atom stereocenters. The molecule has 2 aliphatic heterocycles. The summed E-state index contributed by atoms with van der Waals surface area (Å²) >= 11 is 0. The Balaban J connectivity index is 1.36. The Labute approximate surface area is 225 Å². The topological polar surface area (TPSA) is 106 Å². The van der Waals surface area contributed by atoms with Gasteiger partial charge in [-0.3, -0.25) is 4.79 Å². The Bertz CT molecular complexity index is 1520. The molecule has 2 fully saturated rings. The summed E-state index contributed by atoms with van der Waals surface area (Å²) in [5, 5.41) is 7.13. The van der Waals surface area contributed by atoms with Crippen molar-refractivity contribution in [3.63, 3.8) is 0 Å². The highest BCUT2D eigenvalue weighted by Gasteiger charge is 2.25. The lowest BCUT2D eigenvalue weighted by Crippen LogP contribution is -2.54. The summed E-state index contributed by atoms with van der Waals surface area (Å²) in [5.74, 6) is -0.928. The van der Waals surface area contributed by atoms with Crippen molar-refractivity contribution in [1.82, 2.24) is 24.7 Å². The molecule has 6 rings (SSSR count). The predicted molar refractivity (Wildman–Crippen MR) is 146 cm³/mol. The van der Waals surface area contributed by atoms with Gasteiger partial charge in [0.1, 0.15) is 6.61 Å². The highest BCUT2D eigenvalue weighted by molar-refractivity contribution is 6.13. The minimum atomic E-state index is -0.518. The number of imidazole rings is 1. The first-order valence-electron chi connectivity index (χ1n) is 13.4. The summed E-state index contributed by atoms with van der Waals surface area (Å²) in [6, 6.07) is 5.76. The zero-order chi connectivity index (χ0) is 27.1. The SMILES string of the molecule is Cc1cn2cc(NC(=O)c3ccc(N4C[C@H](C)N[C@@H](C)C4)c4cnc(OC[C@@H]5CCCO5)nc34)cc(F)c2n1. The molecule has 0 bridgehead atoms. The fourth-order valence-electron chi connectivity index (χ4n) is 5.53. The van der Waals surface area contributed by atoms with E-state index in [1.165, 1.54) is 6.07 Å². The smallest absolute Gasteiger partial charge is 0.317 e. The molecule has 2 aliphatic rings. The molecule has 4 aromatic rings. The molecular weight excluding hydrogens is 501 g/mol. The molecule has 0 saturated carbocycles. The van der Waals surface area contributed by atoms with Crippen LogP contribution in [-0.4, -0.2) is 69.8 Å². The van der Waals surface area contributed by atoms with Gasteiger partial charge in [0.2, 0.25) is 0 Å². The Morgan fingerprint density at radius 3 is 2.82 bits per heavy atom. The van der Waals surface area contributed by atoms with Crippen LogP contribution >= 0.6 is 0 Å². The summed E-state index contributed by atoms with van der Waals surface area (Å²) in [6.07, 6.45) is 7.02. The Morgan fingerprint density at radius 1 is 1.23 bits per heavy atom. The average molecular weight is 534 g/mol. The van der Waals surface area contributed by atoms with E-state index in [1.54, 1.807) is 36.0 Å². The third-order valence-corrected chi connectivity index (χ3v) is 7.16. The number of anilines is 2. The number of nitrogens with one attached hydrogen (secondary N) is 2. The molecule has 10 nitrogen and oxygen atoms in total. The maximum Gasteiger partial charge on any atom is 0.317 e. The van der Waals surface area contributed by atoms with Crippen molar-refractivity contribution in [2.24, 2.45) is 0 Å². The van der Waals surface area contributed by atoms with Gasteiger partial charge in [0, 0.05) is 67.5 Å². The Kier molecular flexibility index (Phi) is 6.78. The molecule has 39 heavy (non-hydrogen) atoms. The quantitative estimate of drug-likeness (QED) is 0.386. The number of benzene rings is 1. The summed E-state index contributed by atoms with van der Waals surface area (Å²) < 4.78 is 27.8. The highest BCUT2D eigenvalue weighted by Crippen LogP contribution is 2.31. The van der Waals surface area contributed by atoms with Crippen LogP contribution in [0.4, 0.5) is 15.8 Å². The third-order valence-electron chi connectivity index (χ3n) is 7.16. The molecule has 204 valence electrons. The number of aromatic nitrogens is 4. The lowest BCUT2D eigenvalue weighted by atomic mass is 10.0. The van der Waals surface area contributed by atoms with Crippen LogP contribution in [0.3, 0.4) is 0 Å². The van der Waals surface area contributed by atoms with Crippen LogP contribution in [0.15, 0.2) is 36.8 Å². The van der Waals surface area contributed by atoms with Gasteiger partial charge < -0.3 is 29.4 Å². The van der Waals surface area contributed by atoms with E-state index in [9.17, 15) is 9.18 Å². The van der Waals surface area contributed by atoms with Crippen LogP contribution in [0, 0.1) is 12.7 Å². The van der Waals surface area contributed by atoms with Gasteiger partial charge in [0.15, 0.2) is 11.5 Å². The number of amides is 1. The molecule has 3 aromatic heterocycles. The Morgan fingerprint density at radius 2 is 2.05 bits per heavy atom. The molecule has 2 saturated heterocycles. The molecule has 5 heterocycles. The third kappa shape index (κ3) is 5.24. The van der Waals surface area contributed by atoms with Crippen molar-refractivity contribution in [1.29, 1.82) is 0 Å². The molecule has 2 N–H and O–H groups in total. The van der Waals surface area contributed by atoms with Crippen LogP contribution in [0.2, 0.25) is 0 Å². The number of halogens is 1. The number of rotatable bonds is 6. The van der Waals surface area contributed by atoms with Crippen LogP contribution in [-0.2, 0) is 4.74 Å². The van der Waals surface area contributed by atoms with Crippen LogP contribution < -0.4 is 20.3 Å². The molecule has 1 aromatic carbocycles. The molecule has 1 amide bonds. The monoisotopic (exact) mass is 533 g/mol. The van der Waals surface area contributed by atoms with Crippen LogP contribution in [0.25, 0.3) is 16.6 Å². The summed E-state index contributed by atoms with van der Waals surface area (Å²) in [5.41, 5.74) is 2.98. The van der Waals surface area contributed by atoms with E-state index in [2.05, 4.69) is 44.3 Å². The molecule has 11 heteroatoms. The number of hydrogen-bond donors (Lipinski definition) is 2. The van der Waals surface area contributed by atoms with Crippen molar-refractivity contribution in [3.8, 4) is 6.01 Å². The maximum absolute atomic E-state index is 14.7. The fraction of sp³-hybridized carbons (Fsp3) is 0.429. The summed E-state index contributed by atoms with van der Waals surface area (Å²) in [4.78, 5) is 29.2. The maximum atomic E-state index is 14.7. The largest absolute Gasteiger partial charge is 0.461 e. The number of fused-ring (bicyclic) bond motifs is 2. The number of carbonyl (C=O) groups is 1. The number of nitrogens with zero attached hydrogens (tertiary/aromatic N) is 5. The molecule has 0 radical (unpaired) electrons. The first kappa shape index (κ1) is 25.4. The number of hydrogen-bond acceptors (Lipinski definition) is 8. The van der Waals surface area contributed by atoms with E-state index in [-0.39, 0.29) is 17.8 Å². The zero-order valence-corrected chi connectivity index (χ0v) is 22.3. The van der Waals surface area contributed by atoms with Crippen LogP contribution in [0.5, 0.6) is 6.01 Å². The second kappa shape index (κ2) is 10.4. The summed E-state index contributed by atoms with van der Waals surface area (Å²) in [6.45, 7) is 8.79. The molecule has 3 atom stereocenters. The van der Waals surface area contributed by atoms with Gasteiger partial charge >= 0.3 is 6.01 Å². The van der Waals surface area contributed by atoms with E-state index in [1.807, 2.05) is 6.07 Å². The van der Waals surface area contributed by atoms with Gasteiger partial charge in [-0.15, -0.1) is 0 Å². The number of piperazine rings is 1. The number of carbonyl (C=O) groups excluding carboxylic acids is 1. The second-order valence-electron chi connectivity index (χ2n) is 10.5. The molecule has 0 aliphatic carbocycles.